The number of anilines is 1. The summed E-state index contributed by atoms with van der Waals surface area (Å²) in [6.07, 6.45) is 3.16. The van der Waals surface area contributed by atoms with Crippen LogP contribution in [0.2, 0.25) is 0 Å². The minimum absolute atomic E-state index is 0.598. The number of rotatable bonds is 4. The predicted molar refractivity (Wildman–Crippen MR) is 72.4 cm³/mol. The van der Waals surface area contributed by atoms with Gasteiger partial charge in [0.25, 0.3) is 0 Å². The first-order valence-electron chi connectivity index (χ1n) is 5.31. The average molecular weight is 307 g/mol. The molecule has 0 amide bonds. The Bertz CT molecular complexity index is 546. The number of nitrogens with one attached hydrogen (secondary N) is 1. The van der Waals surface area contributed by atoms with Crippen LogP contribution in [0.3, 0.4) is 0 Å². The van der Waals surface area contributed by atoms with E-state index in [0.717, 1.165) is 10.2 Å². The van der Waals surface area contributed by atoms with Crippen LogP contribution < -0.4 is 5.32 Å². The molecule has 0 aliphatic rings. The van der Waals surface area contributed by atoms with Crippen molar-refractivity contribution in [2.45, 2.75) is 6.04 Å². The van der Waals surface area contributed by atoms with E-state index < -0.39 is 12.0 Å². The van der Waals surface area contributed by atoms with Crippen LogP contribution in [0.15, 0.2) is 53.3 Å². The molecule has 0 radical (unpaired) electrons. The Labute approximate surface area is 113 Å². The van der Waals surface area contributed by atoms with Gasteiger partial charge in [0, 0.05) is 28.1 Å². The molecule has 1 heterocycles. The highest BCUT2D eigenvalue weighted by Gasteiger charge is 2.20. The number of benzene rings is 1. The Morgan fingerprint density at radius 1 is 1.28 bits per heavy atom. The fourth-order valence-corrected chi connectivity index (χ4v) is 1.96. The largest absolute Gasteiger partial charge is 0.479 e. The van der Waals surface area contributed by atoms with Crippen molar-refractivity contribution in [1.29, 1.82) is 0 Å². The molecule has 0 aliphatic carbocycles. The summed E-state index contributed by atoms with van der Waals surface area (Å²) in [5, 5.41) is 12.2. The molecule has 0 aliphatic heterocycles. The quantitative estimate of drug-likeness (QED) is 0.911. The van der Waals surface area contributed by atoms with Crippen molar-refractivity contribution in [3.63, 3.8) is 0 Å². The zero-order valence-electron chi connectivity index (χ0n) is 9.38. The molecule has 18 heavy (non-hydrogen) atoms. The molecule has 1 atom stereocenters. The van der Waals surface area contributed by atoms with Crippen LogP contribution in [0.5, 0.6) is 0 Å². The number of hydrogen-bond acceptors (Lipinski definition) is 3. The van der Waals surface area contributed by atoms with E-state index in [2.05, 4.69) is 26.2 Å². The van der Waals surface area contributed by atoms with Crippen molar-refractivity contribution >= 4 is 27.6 Å². The lowest BCUT2D eigenvalue weighted by Gasteiger charge is -2.15. The molecule has 4 nitrogen and oxygen atoms in total. The van der Waals surface area contributed by atoms with Gasteiger partial charge in [0.1, 0.15) is 0 Å². The zero-order valence-corrected chi connectivity index (χ0v) is 11.0. The monoisotopic (exact) mass is 306 g/mol. The Kier molecular flexibility index (Phi) is 3.94. The van der Waals surface area contributed by atoms with Crippen LogP contribution in [-0.2, 0) is 4.79 Å². The fraction of sp³-hybridized carbons (Fsp3) is 0.0769. The second-order valence-corrected chi connectivity index (χ2v) is 4.63. The van der Waals surface area contributed by atoms with E-state index in [-0.39, 0.29) is 0 Å². The number of hydrogen-bond donors (Lipinski definition) is 2. The van der Waals surface area contributed by atoms with Gasteiger partial charge >= 0.3 is 5.97 Å². The molecule has 1 aromatic heterocycles. The van der Waals surface area contributed by atoms with Gasteiger partial charge < -0.3 is 10.4 Å². The molecule has 0 saturated carbocycles. The van der Waals surface area contributed by atoms with Crippen molar-refractivity contribution in [3.8, 4) is 0 Å². The first-order chi connectivity index (χ1) is 8.66. The summed E-state index contributed by atoms with van der Waals surface area (Å²) in [6.45, 7) is 0. The van der Waals surface area contributed by atoms with E-state index in [1.807, 2.05) is 30.3 Å². The van der Waals surface area contributed by atoms with Crippen molar-refractivity contribution in [2.75, 3.05) is 5.32 Å². The summed E-state index contributed by atoms with van der Waals surface area (Å²) >= 11 is 3.28. The standard InChI is InChI=1S/C13H11BrN2O2/c14-10-6-9(7-15-8-10)12(13(17)18)16-11-4-2-1-3-5-11/h1-8,12,16H,(H,17,18). The lowest BCUT2D eigenvalue weighted by atomic mass is 10.1. The number of carboxylic acids is 1. The first kappa shape index (κ1) is 12.6. The van der Waals surface area contributed by atoms with Gasteiger partial charge in [0.15, 0.2) is 6.04 Å². The van der Waals surface area contributed by atoms with Crippen molar-refractivity contribution in [1.82, 2.24) is 4.98 Å². The Balaban J connectivity index is 2.27. The maximum Gasteiger partial charge on any atom is 0.330 e. The minimum atomic E-state index is -0.946. The Morgan fingerprint density at radius 3 is 2.61 bits per heavy atom. The summed E-state index contributed by atoms with van der Waals surface area (Å²) in [5.74, 6) is -0.946. The lowest BCUT2D eigenvalue weighted by Crippen LogP contribution is -2.20. The van der Waals surface area contributed by atoms with Crippen LogP contribution in [0.1, 0.15) is 11.6 Å². The number of aromatic nitrogens is 1. The lowest BCUT2D eigenvalue weighted by molar-refractivity contribution is -0.138. The van der Waals surface area contributed by atoms with Gasteiger partial charge in [-0.2, -0.15) is 0 Å². The molecule has 1 aromatic carbocycles. The molecule has 92 valence electrons. The van der Waals surface area contributed by atoms with E-state index >= 15 is 0 Å². The van der Waals surface area contributed by atoms with E-state index in [0.29, 0.717) is 5.56 Å². The maximum absolute atomic E-state index is 11.3. The van der Waals surface area contributed by atoms with Gasteiger partial charge in [-0.3, -0.25) is 4.98 Å². The van der Waals surface area contributed by atoms with Gasteiger partial charge in [-0.1, -0.05) is 18.2 Å². The van der Waals surface area contributed by atoms with E-state index in [4.69, 9.17) is 0 Å². The third kappa shape index (κ3) is 3.07. The Morgan fingerprint density at radius 2 is 2.00 bits per heavy atom. The number of aliphatic carboxylic acids is 1. The summed E-state index contributed by atoms with van der Waals surface area (Å²) in [7, 11) is 0. The maximum atomic E-state index is 11.3. The fourth-order valence-electron chi connectivity index (χ4n) is 1.57. The number of nitrogens with zero attached hydrogens (tertiary/aromatic N) is 1. The van der Waals surface area contributed by atoms with Gasteiger partial charge in [-0.05, 0) is 34.1 Å². The molecule has 2 N–H and O–H groups in total. The SMILES string of the molecule is O=C(O)C(Nc1ccccc1)c1cncc(Br)c1. The molecule has 2 rings (SSSR count). The van der Waals surface area contributed by atoms with Gasteiger partial charge in [0.05, 0.1) is 0 Å². The summed E-state index contributed by atoms with van der Waals surface area (Å²) < 4.78 is 0.751. The smallest absolute Gasteiger partial charge is 0.330 e. The average Bonchev–Trinajstić information content (AvgIpc) is 2.37. The van der Waals surface area contributed by atoms with Crippen molar-refractivity contribution < 1.29 is 9.90 Å². The highest BCUT2D eigenvalue weighted by molar-refractivity contribution is 9.10. The molecule has 0 spiro atoms. The topological polar surface area (TPSA) is 62.2 Å². The molecular formula is C13H11BrN2O2. The summed E-state index contributed by atoms with van der Waals surface area (Å²) in [6, 6.07) is 10.1. The molecule has 0 saturated heterocycles. The third-order valence-corrected chi connectivity index (χ3v) is 2.82. The zero-order chi connectivity index (χ0) is 13.0. The van der Waals surface area contributed by atoms with E-state index in [1.165, 1.54) is 0 Å². The second kappa shape index (κ2) is 5.64. The molecular weight excluding hydrogens is 296 g/mol. The summed E-state index contributed by atoms with van der Waals surface area (Å²) in [4.78, 5) is 15.3. The van der Waals surface area contributed by atoms with Crippen molar-refractivity contribution in [3.05, 3.63) is 58.8 Å². The van der Waals surface area contributed by atoms with Crippen molar-refractivity contribution in [2.24, 2.45) is 0 Å². The van der Waals surface area contributed by atoms with E-state index in [1.54, 1.807) is 18.5 Å². The molecule has 0 bridgehead atoms. The van der Waals surface area contributed by atoms with Crippen LogP contribution in [0.4, 0.5) is 5.69 Å². The number of carbonyl (C=O) groups is 1. The van der Waals surface area contributed by atoms with Gasteiger partial charge in [0.2, 0.25) is 0 Å². The van der Waals surface area contributed by atoms with Crippen LogP contribution >= 0.6 is 15.9 Å². The van der Waals surface area contributed by atoms with Gasteiger partial charge in [-0.15, -0.1) is 0 Å². The molecule has 2 aromatic rings. The molecule has 1 unspecified atom stereocenters. The van der Waals surface area contributed by atoms with Crippen LogP contribution in [0.25, 0.3) is 0 Å². The van der Waals surface area contributed by atoms with Crippen LogP contribution in [-0.4, -0.2) is 16.1 Å². The Hall–Kier alpha value is -1.88. The number of halogens is 1. The molecule has 0 fully saturated rings. The van der Waals surface area contributed by atoms with E-state index in [9.17, 15) is 9.90 Å². The summed E-state index contributed by atoms with van der Waals surface area (Å²) in [5.41, 5.74) is 1.35. The predicted octanol–water partition coefficient (Wildman–Crippen LogP) is 3.08. The normalized spacial score (nSPS) is 11.8. The highest BCUT2D eigenvalue weighted by Crippen LogP contribution is 2.21. The molecule has 5 heteroatoms. The highest BCUT2D eigenvalue weighted by atomic mass is 79.9. The third-order valence-electron chi connectivity index (χ3n) is 2.39. The number of pyridine rings is 1. The van der Waals surface area contributed by atoms with Crippen LogP contribution in [0, 0.1) is 0 Å². The minimum Gasteiger partial charge on any atom is -0.479 e. The number of carboxylic acid groups (broad SMARTS) is 1. The van der Waals surface area contributed by atoms with Gasteiger partial charge in [-0.25, -0.2) is 4.79 Å². The number of para-hydroxylation sites is 1. The second-order valence-electron chi connectivity index (χ2n) is 3.72. The first-order valence-corrected chi connectivity index (χ1v) is 6.11.